The van der Waals surface area contributed by atoms with Crippen LogP contribution in [0, 0.1) is 0 Å². The van der Waals surface area contributed by atoms with Gasteiger partial charge in [0.25, 0.3) is 0 Å². The summed E-state index contributed by atoms with van der Waals surface area (Å²) in [5.74, 6) is -0.0881. The topological polar surface area (TPSA) is 91.4 Å². The number of carbonyl (C=O) groups excluding carboxylic acids is 3. The number of ether oxygens (including phenoxy) is 4. The predicted octanol–water partition coefficient (Wildman–Crippen LogP) is 6.28. The summed E-state index contributed by atoms with van der Waals surface area (Å²) in [4.78, 5) is 40.0. The molecular weight excluding hydrogens is 446 g/mol. The van der Waals surface area contributed by atoms with Gasteiger partial charge in [0.05, 0.1) is 13.7 Å². The van der Waals surface area contributed by atoms with Crippen molar-refractivity contribution in [3.8, 4) is 16.9 Å². The van der Waals surface area contributed by atoms with Gasteiger partial charge in [-0.05, 0) is 66.2 Å². The van der Waals surface area contributed by atoms with Crippen LogP contribution in [0.5, 0.6) is 5.75 Å². The maximum Gasteiger partial charge on any atom is 0.425 e. The van der Waals surface area contributed by atoms with E-state index in [4.69, 9.17) is 18.9 Å². The van der Waals surface area contributed by atoms with Crippen molar-refractivity contribution < 1.29 is 33.3 Å². The molecule has 0 radical (unpaired) electrons. The molecule has 0 aliphatic rings. The smallest absolute Gasteiger partial charge is 0.425 e. The second-order valence-electron chi connectivity index (χ2n) is 9.08. The Morgan fingerprint density at radius 1 is 0.970 bits per heavy atom. The van der Waals surface area contributed by atoms with Crippen LogP contribution >= 0.6 is 11.3 Å². The van der Waals surface area contributed by atoms with Gasteiger partial charge in [0, 0.05) is 10.9 Å². The minimum Gasteiger partial charge on any atom is -0.497 e. The number of carbonyl (C=O) groups is 3. The normalized spacial score (nSPS) is 11.5. The first kappa shape index (κ1) is 26.2. The first-order valence-corrected chi connectivity index (χ1v) is 11.3. The van der Waals surface area contributed by atoms with Crippen molar-refractivity contribution in [2.75, 3.05) is 18.6 Å². The van der Waals surface area contributed by atoms with Gasteiger partial charge in [0.1, 0.15) is 27.5 Å². The van der Waals surface area contributed by atoms with E-state index in [-0.39, 0.29) is 17.2 Å². The van der Waals surface area contributed by atoms with Crippen molar-refractivity contribution in [3.05, 3.63) is 35.2 Å². The number of methoxy groups -OCH3 is 1. The summed E-state index contributed by atoms with van der Waals surface area (Å²) < 4.78 is 21.5. The summed E-state index contributed by atoms with van der Waals surface area (Å²) in [5, 5.41) is 1.73. The van der Waals surface area contributed by atoms with E-state index < -0.39 is 29.4 Å². The Kier molecular flexibility index (Phi) is 8.13. The van der Waals surface area contributed by atoms with Crippen molar-refractivity contribution in [3.63, 3.8) is 0 Å². The van der Waals surface area contributed by atoms with Crippen LogP contribution < -0.4 is 9.64 Å². The first-order chi connectivity index (χ1) is 15.3. The Bertz CT molecular complexity index is 987. The molecule has 1 aromatic carbocycles. The summed E-state index contributed by atoms with van der Waals surface area (Å²) in [5.41, 5.74) is -0.549. The Morgan fingerprint density at radius 3 is 2.03 bits per heavy atom. The van der Waals surface area contributed by atoms with E-state index in [0.717, 1.165) is 16.2 Å². The molecule has 1 heterocycles. The van der Waals surface area contributed by atoms with E-state index >= 15 is 0 Å². The number of esters is 1. The lowest BCUT2D eigenvalue weighted by molar-refractivity contribution is 0.0432. The molecule has 0 bridgehead atoms. The maximum atomic E-state index is 13.1. The highest BCUT2D eigenvalue weighted by atomic mass is 32.1. The largest absolute Gasteiger partial charge is 0.497 e. The number of anilines is 1. The van der Waals surface area contributed by atoms with Gasteiger partial charge in [-0.25, -0.2) is 14.4 Å². The van der Waals surface area contributed by atoms with Gasteiger partial charge in [0.2, 0.25) is 0 Å². The molecule has 9 heteroatoms. The lowest BCUT2D eigenvalue weighted by atomic mass is 10.0. The van der Waals surface area contributed by atoms with Crippen molar-refractivity contribution in [2.45, 2.75) is 59.7 Å². The standard InChI is InChI=1S/C24H31NO7S/c1-9-30-20(26)18-17(15-11-10-12-16(13-15)29-8)14-33-19(18)25(21(27)31-23(2,3)4)22(28)32-24(5,6)7/h10-14H,9H2,1-8H3. The number of rotatable bonds is 5. The van der Waals surface area contributed by atoms with E-state index in [1.807, 2.05) is 0 Å². The van der Waals surface area contributed by atoms with Crippen molar-refractivity contribution in [1.29, 1.82) is 0 Å². The second kappa shape index (κ2) is 10.2. The summed E-state index contributed by atoms with van der Waals surface area (Å²) >= 11 is 1.04. The second-order valence-corrected chi connectivity index (χ2v) is 9.94. The van der Waals surface area contributed by atoms with Crippen LogP contribution in [-0.2, 0) is 14.2 Å². The summed E-state index contributed by atoms with van der Waals surface area (Å²) in [6, 6.07) is 7.09. The molecule has 2 aromatic rings. The van der Waals surface area contributed by atoms with Crippen LogP contribution in [-0.4, -0.2) is 43.1 Å². The highest BCUT2D eigenvalue weighted by Gasteiger charge is 2.37. The molecule has 0 saturated heterocycles. The highest BCUT2D eigenvalue weighted by molar-refractivity contribution is 7.15. The molecule has 0 aliphatic heterocycles. The number of hydrogen-bond acceptors (Lipinski definition) is 8. The number of thiophene rings is 1. The third-order valence-corrected chi connectivity index (χ3v) is 4.95. The van der Waals surface area contributed by atoms with Gasteiger partial charge in [-0.15, -0.1) is 11.3 Å². The third-order valence-electron chi connectivity index (χ3n) is 3.99. The molecule has 0 saturated carbocycles. The first-order valence-electron chi connectivity index (χ1n) is 10.5. The fourth-order valence-corrected chi connectivity index (χ4v) is 3.82. The van der Waals surface area contributed by atoms with E-state index in [9.17, 15) is 14.4 Å². The lowest BCUT2D eigenvalue weighted by Crippen LogP contribution is -2.44. The Hall–Kier alpha value is -3.07. The van der Waals surface area contributed by atoms with E-state index in [0.29, 0.717) is 16.9 Å². The number of hydrogen-bond donors (Lipinski definition) is 0. The molecule has 8 nitrogen and oxygen atoms in total. The van der Waals surface area contributed by atoms with E-state index in [1.54, 1.807) is 78.1 Å². The minimum atomic E-state index is -0.957. The fourth-order valence-electron chi connectivity index (χ4n) is 2.77. The summed E-state index contributed by atoms with van der Waals surface area (Å²) in [6.45, 7) is 11.9. The minimum absolute atomic E-state index is 0.0507. The average molecular weight is 478 g/mol. The fraction of sp³-hybridized carbons (Fsp3) is 0.458. The van der Waals surface area contributed by atoms with Gasteiger partial charge in [0.15, 0.2) is 0 Å². The molecule has 1 aromatic heterocycles. The van der Waals surface area contributed by atoms with Gasteiger partial charge in [-0.2, -0.15) is 4.90 Å². The summed E-state index contributed by atoms with van der Waals surface area (Å²) in [6.07, 6.45) is -1.91. The Balaban J connectivity index is 2.70. The Labute approximate surface area is 198 Å². The van der Waals surface area contributed by atoms with Gasteiger partial charge < -0.3 is 18.9 Å². The number of imide groups is 1. The van der Waals surface area contributed by atoms with E-state index in [1.165, 1.54) is 7.11 Å². The molecule has 0 N–H and O–H groups in total. The van der Waals surface area contributed by atoms with Crippen molar-refractivity contribution in [2.24, 2.45) is 0 Å². The molecule has 2 amide bonds. The number of benzene rings is 1. The Morgan fingerprint density at radius 2 is 1.55 bits per heavy atom. The van der Waals surface area contributed by atoms with Gasteiger partial charge >= 0.3 is 18.2 Å². The molecule has 2 rings (SSSR count). The molecule has 33 heavy (non-hydrogen) atoms. The quantitative estimate of drug-likeness (QED) is 0.370. The van der Waals surface area contributed by atoms with Gasteiger partial charge in [-0.1, -0.05) is 12.1 Å². The van der Waals surface area contributed by atoms with E-state index in [2.05, 4.69) is 0 Å². The lowest BCUT2D eigenvalue weighted by Gasteiger charge is -2.28. The highest BCUT2D eigenvalue weighted by Crippen LogP contribution is 2.40. The average Bonchev–Trinajstić information content (AvgIpc) is 3.10. The maximum absolute atomic E-state index is 13.1. The predicted molar refractivity (Wildman–Crippen MR) is 127 cm³/mol. The third kappa shape index (κ3) is 6.95. The van der Waals surface area contributed by atoms with Crippen LogP contribution in [0.1, 0.15) is 58.8 Å². The van der Waals surface area contributed by atoms with Gasteiger partial charge in [-0.3, -0.25) is 0 Å². The van der Waals surface area contributed by atoms with Crippen LogP contribution in [0.3, 0.4) is 0 Å². The SMILES string of the molecule is CCOC(=O)c1c(-c2cccc(OC)c2)csc1N(C(=O)OC(C)(C)C)C(=O)OC(C)(C)C. The molecule has 0 unspecified atom stereocenters. The molecular formula is C24H31NO7S. The zero-order chi connectivity index (χ0) is 25.0. The number of nitrogens with zero attached hydrogens (tertiary/aromatic N) is 1. The van der Waals surface area contributed by atoms with Crippen LogP contribution in [0.2, 0.25) is 0 Å². The molecule has 0 aliphatic carbocycles. The zero-order valence-corrected chi connectivity index (χ0v) is 21.1. The molecule has 0 atom stereocenters. The van der Waals surface area contributed by atoms with Crippen molar-refractivity contribution in [1.82, 2.24) is 0 Å². The molecule has 0 spiro atoms. The summed E-state index contributed by atoms with van der Waals surface area (Å²) in [7, 11) is 1.54. The van der Waals surface area contributed by atoms with Crippen molar-refractivity contribution >= 4 is 34.5 Å². The van der Waals surface area contributed by atoms with Crippen LogP contribution in [0.4, 0.5) is 14.6 Å². The molecule has 180 valence electrons. The zero-order valence-electron chi connectivity index (χ0n) is 20.3. The molecule has 0 fully saturated rings. The van der Waals surface area contributed by atoms with Crippen LogP contribution in [0.25, 0.3) is 11.1 Å². The monoisotopic (exact) mass is 477 g/mol. The number of amides is 2. The van der Waals surface area contributed by atoms with Crippen LogP contribution in [0.15, 0.2) is 29.6 Å².